The van der Waals surface area contributed by atoms with Crippen LogP contribution in [0.25, 0.3) is 22.4 Å². The summed E-state index contributed by atoms with van der Waals surface area (Å²) >= 11 is 0. The number of hydrogen-bond acceptors (Lipinski definition) is 5. The minimum absolute atomic E-state index is 0.0698. The van der Waals surface area contributed by atoms with Crippen molar-refractivity contribution in [3.05, 3.63) is 41.4 Å². The summed E-state index contributed by atoms with van der Waals surface area (Å²) in [5.41, 5.74) is -0.0726. The van der Waals surface area contributed by atoms with Crippen molar-refractivity contribution in [2.45, 2.75) is 26.1 Å². The summed E-state index contributed by atoms with van der Waals surface area (Å²) in [6.07, 6.45) is -4.59. The zero-order chi connectivity index (χ0) is 18.4. The van der Waals surface area contributed by atoms with Gasteiger partial charge in [-0.2, -0.15) is 13.2 Å². The first-order chi connectivity index (χ1) is 11.7. The van der Waals surface area contributed by atoms with Gasteiger partial charge in [0.1, 0.15) is 22.7 Å². The molecule has 0 unspecified atom stereocenters. The molecule has 1 atom stereocenters. The van der Waals surface area contributed by atoms with Gasteiger partial charge in [-0.1, -0.05) is 0 Å². The second-order valence-corrected chi connectivity index (χ2v) is 5.70. The van der Waals surface area contributed by atoms with Crippen molar-refractivity contribution in [2.75, 3.05) is 7.05 Å². The van der Waals surface area contributed by atoms with E-state index in [4.69, 9.17) is 4.42 Å². The first-order valence-electron chi connectivity index (χ1n) is 7.57. The Kier molecular flexibility index (Phi) is 4.16. The lowest BCUT2D eigenvalue weighted by molar-refractivity contribution is -0.140. The van der Waals surface area contributed by atoms with Gasteiger partial charge >= 0.3 is 6.18 Å². The van der Waals surface area contributed by atoms with Crippen LogP contribution in [-0.4, -0.2) is 22.1 Å². The Morgan fingerprint density at radius 1 is 1.16 bits per heavy atom. The van der Waals surface area contributed by atoms with Crippen LogP contribution in [0.1, 0.15) is 30.1 Å². The monoisotopic (exact) mass is 351 g/mol. The number of nitrogens with zero attached hydrogens (tertiary/aromatic N) is 2. The maximum Gasteiger partial charge on any atom is 0.433 e. The number of benzene rings is 1. The molecule has 2 aromatic heterocycles. The van der Waals surface area contributed by atoms with Crippen molar-refractivity contribution < 1.29 is 22.7 Å². The average molecular weight is 351 g/mol. The van der Waals surface area contributed by atoms with Gasteiger partial charge in [-0.05, 0) is 45.2 Å². The third-order valence-electron chi connectivity index (χ3n) is 4.02. The lowest BCUT2D eigenvalue weighted by Gasteiger charge is -2.10. The number of oxazole rings is 1. The van der Waals surface area contributed by atoms with Gasteiger partial charge in [0.05, 0.1) is 11.7 Å². The van der Waals surface area contributed by atoms with Crippen molar-refractivity contribution in [3.8, 4) is 17.2 Å². The fourth-order valence-corrected chi connectivity index (χ4v) is 2.60. The minimum atomic E-state index is -4.59. The number of hydrogen-bond donors (Lipinski definition) is 2. The molecule has 1 aromatic carbocycles. The molecule has 2 N–H and O–H groups in total. The van der Waals surface area contributed by atoms with Crippen LogP contribution in [0, 0.1) is 6.92 Å². The van der Waals surface area contributed by atoms with E-state index in [-0.39, 0.29) is 23.2 Å². The quantitative estimate of drug-likeness (QED) is 0.740. The highest BCUT2D eigenvalue weighted by molar-refractivity contribution is 5.96. The Morgan fingerprint density at radius 3 is 2.52 bits per heavy atom. The van der Waals surface area contributed by atoms with E-state index in [2.05, 4.69) is 15.3 Å². The number of aromatic hydroxyl groups is 1. The van der Waals surface area contributed by atoms with Gasteiger partial charge in [0, 0.05) is 10.9 Å². The molecule has 0 amide bonds. The molecule has 132 valence electrons. The van der Waals surface area contributed by atoms with Crippen LogP contribution in [-0.2, 0) is 6.18 Å². The molecular formula is C17H16F3N3O2. The molecule has 0 saturated carbocycles. The molecule has 0 radical (unpaired) electrons. The lowest BCUT2D eigenvalue weighted by Crippen LogP contribution is -2.12. The van der Waals surface area contributed by atoms with Gasteiger partial charge in [-0.15, -0.1) is 0 Å². The standard InChI is InChI=1S/C17H16F3N3O2/c1-8(21-3)15-9(2)22-16(25-15)11-4-6-12(24)14-10(11)5-7-13(23-14)17(18,19)20/h4-8,21,24H,1-3H3/t8-/m0/s1. The fraction of sp³-hybridized carbons (Fsp3) is 0.294. The van der Waals surface area contributed by atoms with Gasteiger partial charge in [-0.25, -0.2) is 9.97 Å². The predicted octanol–water partition coefficient (Wildman–Crippen LogP) is 4.20. The van der Waals surface area contributed by atoms with Crippen LogP contribution in [0.15, 0.2) is 28.7 Å². The topological polar surface area (TPSA) is 71.2 Å². The van der Waals surface area contributed by atoms with Gasteiger partial charge < -0.3 is 14.8 Å². The van der Waals surface area contributed by atoms with Crippen molar-refractivity contribution in [3.63, 3.8) is 0 Å². The summed E-state index contributed by atoms with van der Waals surface area (Å²) < 4.78 is 44.4. The zero-order valence-corrected chi connectivity index (χ0v) is 13.8. The molecule has 0 bridgehead atoms. The van der Waals surface area contributed by atoms with Crippen molar-refractivity contribution in [1.82, 2.24) is 15.3 Å². The minimum Gasteiger partial charge on any atom is -0.506 e. The Labute approximate surface area is 141 Å². The normalized spacial score (nSPS) is 13.4. The molecule has 0 aliphatic heterocycles. The van der Waals surface area contributed by atoms with Crippen LogP contribution in [0.2, 0.25) is 0 Å². The average Bonchev–Trinajstić information content (AvgIpc) is 2.95. The Morgan fingerprint density at radius 2 is 1.88 bits per heavy atom. The van der Waals surface area contributed by atoms with Crippen LogP contribution < -0.4 is 5.32 Å². The smallest absolute Gasteiger partial charge is 0.433 e. The highest BCUT2D eigenvalue weighted by Crippen LogP contribution is 2.36. The molecular weight excluding hydrogens is 335 g/mol. The second kappa shape index (κ2) is 6.03. The maximum atomic E-state index is 12.9. The van der Waals surface area contributed by atoms with E-state index in [1.54, 1.807) is 20.0 Å². The van der Waals surface area contributed by atoms with Gasteiger partial charge in [0.15, 0.2) is 0 Å². The summed E-state index contributed by atoms with van der Waals surface area (Å²) in [7, 11) is 1.78. The maximum absolute atomic E-state index is 12.9. The van der Waals surface area contributed by atoms with E-state index in [0.29, 0.717) is 22.4 Å². The molecule has 0 fully saturated rings. The number of alkyl halides is 3. The largest absolute Gasteiger partial charge is 0.506 e. The Bertz CT molecular complexity index is 935. The molecule has 25 heavy (non-hydrogen) atoms. The van der Waals surface area contributed by atoms with Crippen LogP contribution >= 0.6 is 0 Å². The molecule has 3 rings (SSSR count). The van der Waals surface area contributed by atoms with E-state index in [1.807, 2.05) is 6.92 Å². The molecule has 2 heterocycles. The Balaban J connectivity index is 2.20. The molecule has 0 saturated heterocycles. The van der Waals surface area contributed by atoms with Crippen LogP contribution in [0.3, 0.4) is 0 Å². The summed E-state index contributed by atoms with van der Waals surface area (Å²) in [6, 6.07) is 4.90. The third kappa shape index (κ3) is 3.05. The summed E-state index contributed by atoms with van der Waals surface area (Å²) in [5, 5.41) is 13.3. The first kappa shape index (κ1) is 17.2. The number of nitrogens with one attached hydrogen (secondary N) is 1. The SMILES string of the molecule is CN[C@@H](C)c1oc(-c2ccc(O)c3nc(C(F)(F)F)ccc23)nc1C. The number of aryl methyl sites for hydroxylation is 1. The number of rotatable bonds is 3. The van der Waals surface area contributed by atoms with Gasteiger partial charge in [-0.3, -0.25) is 0 Å². The van der Waals surface area contributed by atoms with E-state index < -0.39 is 11.9 Å². The van der Waals surface area contributed by atoms with Gasteiger partial charge in [0.2, 0.25) is 5.89 Å². The summed E-state index contributed by atoms with van der Waals surface area (Å²) in [6.45, 7) is 3.70. The number of pyridine rings is 1. The van der Waals surface area contributed by atoms with E-state index in [9.17, 15) is 18.3 Å². The number of fused-ring (bicyclic) bond motifs is 1. The number of phenolic OH excluding ortho intramolecular Hbond substituents is 1. The summed E-state index contributed by atoms with van der Waals surface area (Å²) in [5.74, 6) is 0.566. The Hall–Kier alpha value is -2.61. The predicted molar refractivity (Wildman–Crippen MR) is 86.1 cm³/mol. The molecule has 3 aromatic rings. The zero-order valence-electron chi connectivity index (χ0n) is 13.8. The fourth-order valence-electron chi connectivity index (χ4n) is 2.60. The molecule has 0 aliphatic carbocycles. The van der Waals surface area contributed by atoms with Gasteiger partial charge in [0.25, 0.3) is 0 Å². The number of phenols is 1. The highest BCUT2D eigenvalue weighted by atomic mass is 19.4. The van der Waals surface area contributed by atoms with Crippen molar-refractivity contribution >= 4 is 10.9 Å². The molecule has 0 spiro atoms. The lowest BCUT2D eigenvalue weighted by atomic mass is 10.1. The second-order valence-electron chi connectivity index (χ2n) is 5.70. The summed E-state index contributed by atoms with van der Waals surface area (Å²) in [4.78, 5) is 7.92. The van der Waals surface area contributed by atoms with Crippen LogP contribution in [0.5, 0.6) is 5.75 Å². The van der Waals surface area contributed by atoms with Crippen LogP contribution in [0.4, 0.5) is 13.2 Å². The van der Waals surface area contributed by atoms with Crippen molar-refractivity contribution in [2.24, 2.45) is 0 Å². The van der Waals surface area contributed by atoms with E-state index in [0.717, 1.165) is 6.07 Å². The number of halogens is 3. The third-order valence-corrected chi connectivity index (χ3v) is 4.02. The molecule has 5 nitrogen and oxygen atoms in total. The van der Waals surface area contributed by atoms with E-state index >= 15 is 0 Å². The molecule has 0 aliphatic rings. The highest BCUT2D eigenvalue weighted by Gasteiger charge is 2.33. The van der Waals surface area contributed by atoms with E-state index in [1.165, 1.54) is 12.1 Å². The molecule has 8 heteroatoms. The number of aromatic nitrogens is 2. The van der Waals surface area contributed by atoms with Crippen molar-refractivity contribution in [1.29, 1.82) is 0 Å². The first-order valence-corrected chi connectivity index (χ1v) is 7.57.